The average molecular weight is 437 g/mol. The van der Waals surface area contributed by atoms with Crippen molar-refractivity contribution in [3.05, 3.63) is 59.9 Å². The van der Waals surface area contributed by atoms with Gasteiger partial charge in [-0.3, -0.25) is 9.59 Å². The third kappa shape index (κ3) is 5.10. The SMILES string of the molecule is Cc1nc2ccccc2n1CCCNC(=O)c1ccccc1SCC(=O)N1CCCC1. The van der Waals surface area contributed by atoms with E-state index in [0.29, 0.717) is 17.9 Å². The molecule has 0 spiro atoms. The van der Waals surface area contributed by atoms with E-state index in [1.165, 1.54) is 11.8 Å². The van der Waals surface area contributed by atoms with E-state index in [1.54, 1.807) is 0 Å². The summed E-state index contributed by atoms with van der Waals surface area (Å²) >= 11 is 1.45. The number of para-hydroxylation sites is 2. The Balaban J connectivity index is 1.30. The molecule has 1 N–H and O–H groups in total. The minimum Gasteiger partial charge on any atom is -0.352 e. The number of amides is 2. The summed E-state index contributed by atoms with van der Waals surface area (Å²) in [6.45, 7) is 5.10. The number of carbonyl (C=O) groups excluding carboxylic acids is 2. The standard InChI is InChI=1S/C24H28N4O2S/c1-18-26-20-10-3-4-11-21(20)28(18)16-8-13-25-24(30)19-9-2-5-12-22(19)31-17-23(29)27-14-6-7-15-27/h2-5,9-12H,6-8,13-17H2,1H3,(H,25,30). The number of imidazole rings is 1. The van der Waals surface area contributed by atoms with Gasteiger partial charge < -0.3 is 14.8 Å². The second-order valence-corrected chi connectivity index (χ2v) is 8.80. The third-order valence-corrected chi connectivity index (χ3v) is 6.69. The molecular formula is C24H28N4O2S. The molecule has 0 aliphatic carbocycles. The zero-order valence-electron chi connectivity index (χ0n) is 17.8. The molecule has 3 aromatic rings. The van der Waals surface area contributed by atoms with E-state index in [9.17, 15) is 9.59 Å². The van der Waals surface area contributed by atoms with Crippen molar-refractivity contribution in [3.8, 4) is 0 Å². The van der Waals surface area contributed by atoms with E-state index in [1.807, 2.05) is 54.3 Å². The minimum atomic E-state index is -0.0936. The molecule has 0 saturated carbocycles. The quantitative estimate of drug-likeness (QED) is 0.430. The summed E-state index contributed by atoms with van der Waals surface area (Å²) in [5.41, 5.74) is 2.75. The van der Waals surface area contributed by atoms with Crippen molar-refractivity contribution in [1.82, 2.24) is 19.8 Å². The van der Waals surface area contributed by atoms with Crippen LogP contribution in [0.25, 0.3) is 11.0 Å². The van der Waals surface area contributed by atoms with Gasteiger partial charge in [0.2, 0.25) is 5.91 Å². The number of rotatable bonds is 8. The maximum Gasteiger partial charge on any atom is 0.252 e. The monoisotopic (exact) mass is 436 g/mol. The second kappa shape index (κ2) is 10.0. The van der Waals surface area contributed by atoms with Crippen molar-refractivity contribution in [2.24, 2.45) is 0 Å². The molecule has 162 valence electrons. The molecule has 31 heavy (non-hydrogen) atoms. The van der Waals surface area contributed by atoms with Gasteiger partial charge >= 0.3 is 0 Å². The van der Waals surface area contributed by atoms with Gasteiger partial charge in [-0.15, -0.1) is 11.8 Å². The highest BCUT2D eigenvalue weighted by Gasteiger charge is 2.19. The van der Waals surface area contributed by atoms with Crippen LogP contribution in [0.5, 0.6) is 0 Å². The number of hydrogen-bond acceptors (Lipinski definition) is 4. The Morgan fingerprint density at radius 3 is 2.65 bits per heavy atom. The van der Waals surface area contributed by atoms with Crippen molar-refractivity contribution in [3.63, 3.8) is 0 Å². The fraction of sp³-hybridized carbons (Fsp3) is 0.375. The molecule has 2 aromatic carbocycles. The van der Waals surface area contributed by atoms with E-state index in [-0.39, 0.29) is 11.8 Å². The lowest BCUT2D eigenvalue weighted by molar-refractivity contribution is -0.127. The molecule has 4 rings (SSSR count). The molecule has 0 unspecified atom stereocenters. The first kappa shape index (κ1) is 21.4. The summed E-state index contributed by atoms with van der Waals surface area (Å²) in [4.78, 5) is 32.5. The Hall–Kier alpha value is -2.80. The molecule has 1 aliphatic heterocycles. The molecule has 1 fully saturated rings. The van der Waals surface area contributed by atoms with Gasteiger partial charge in [0, 0.05) is 31.1 Å². The summed E-state index contributed by atoms with van der Waals surface area (Å²) < 4.78 is 2.19. The Morgan fingerprint density at radius 1 is 1.06 bits per heavy atom. The fourth-order valence-electron chi connectivity index (χ4n) is 3.99. The van der Waals surface area contributed by atoms with E-state index >= 15 is 0 Å². The lowest BCUT2D eigenvalue weighted by atomic mass is 10.2. The van der Waals surface area contributed by atoms with Crippen LogP contribution in [0.2, 0.25) is 0 Å². The van der Waals surface area contributed by atoms with Crippen LogP contribution in [0.3, 0.4) is 0 Å². The molecule has 0 atom stereocenters. The Labute approximate surface area is 187 Å². The first-order chi connectivity index (χ1) is 15.1. The fourth-order valence-corrected chi connectivity index (χ4v) is 4.94. The molecule has 1 aromatic heterocycles. The highest BCUT2D eigenvalue weighted by atomic mass is 32.2. The highest BCUT2D eigenvalue weighted by Crippen LogP contribution is 2.24. The number of hydrogen-bond donors (Lipinski definition) is 1. The Bertz CT molecular complexity index is 1070. The molecule has 0 radical (unpaired) electrons. The molecule has 6 nitrogen and oxygen atoms in total. The lowest BCUT2D eigenvalue weighted by Gasteiger charge is -2.15. The first-order valence-electron chi connectivity index (χ1n) is 10.8. The smallest absolute Gasteiger partial charge is 0.252 e. The number of nitrogens with zero attached hydrogens (tertiary/aromatic N) is 3. The van der Waals surface area contributed by atoms with Gasteiger partial charge in [-0.2, -0.15) is 0 Å². The molecular weight excluding hydrogens is 408 g/mol. The van der Waals surface area contributed by atoms with E-state index in [2.05, 4.69) is 20.9 Å². The lowest BCUT2D eigenvalue weighted by Crippen LogP contribution is -2.29. The van der Waals surface area contributed by atoms with Gasteiger partial charge in [0.1, 0.15) is 5.82 Å². The Morgan fingerprint density at radius 2 is 1.81 bits per heavy atom. The summed E-state index contributed by atoms with van der Waals surface area (Å²) in [6.07, 6.45) is 2.99. The van der Waals surface area contributed by atoms with Crippen LogP contribution in [-0.4, -0.2) is 51.7 Å². The van der Waals surface area contributed by atoms with Crippen LogP contribution in [0.4, 0.5) is 0 Å². The predicted molar refractivity (Wildman–Crippen MR) is 124 cm³/mol. The largest absolute Gasteiger partial charge is 0.352 e. The average Bonchev–Trinajstić information content (AvgIpc) is 3.43. The van der Waals surface area contributed by atoms with Crippen molar-refractivity contribution in [1.29, 1.82) is 0 Å². The van der Waals surface area contributed by atoms with Gasteiger partial charge in [-0.05, 0) is 50.5 Å². The highest BCUT2D eigenvalue weighted by molar-refractivity contribution is 8.00. The van der Waals surface area contributed by atoms with Crippen LogP contribution in [0.1, 0.15) is 35.4 Å². The van der Waals surface area contributed by atoms with Gasteiger partial charge in [0.15, 0.2) is 0 Å². The molecule has 2 amide bonds. The summed E-state index contributed by atoms with van der Waals surface area (Å²) in [5.74, 6) is 1.42. The normalized spacial score (nSPS) is 13.6. The number of aromatic nitrogens is 2. The maximum absolute atomic E-state index is 12.8. The van der Waals surface area contributed by atoms with Crippen LogP contribution in [0, 0.1) is 6.92 Å². The van der Waals surface area contributed by atoms with Gasteiger partial charge in [-0.1, -0.05) is 24.3 Å². The zero-order chi connectivity index (χ0) is 21.6. The molecule has 1 aliphatic rings. The number of carbonyl (C=O) groups is 2. The predicted octanol–water partition coefficient (Wildman–Crippen LogP) is 3.88. The number of benzene rings is 2. The summed E-state index contributed by atoms with van der Waals surface area (Å²) in [5, 5.41) is 3.03. The summed E-state index contributed by atoms with van der Waals surface area (Å²) in [7, 11) is 0. The molecule has 2 heterocycles. The van der Waals surface area contributed by atoms with Crippen molar-refractivity contribution < 1.29 is 9.59 Å². The topological polar surface area (TPSA) is 67.2 Å². The van der Waals surface area contributed by atoms with Crippen molar-refractivity contribution >= 4 is 34.6 Å². The Kier molecular flexibility index (Phi) is 6.92. The molecule has 1 saturated heterocycles. The number of likely N-dealkylation sites (tertiary alicyclic amines) is 1. The number of fused-ring (bicyclic) bond motifs is 1. The van der Waals surface area contributed by atoms with Crippen LogP contribution < -0.4 is 5.32 Å². The van der Waals surface area contributed by atoms with Crippen LogP contribution in [0.15, 0.2) is 53.4 Å². The maximum atomic E-state index is 12.8. The number of nitrogens with one attached hydrogen (secondary N) is 1. The van der Waals surface area contributed by atoms with Crippen LogP contribution >= 0.6 is 11.8 Å². The number of aryl methyl sites for hydroxylation is 2. The third-order valence-electron chi connectivity index (χ3n) is 5.63. The van der Waals surface area contributed by atoms with Crippen molar-refractivity contribution in [2.75, 3.05) is 25.4 Å². The van der Waals surface area contributed by atoms with Gasteiger partial charge in [0.25, 0.3) is 5.91 Å². The van der Waals surface area contributed by atoms with Crippen molar-refractivity contribution in [2.45, 2.75) is 37.6 Å². The first-order valence-corrected chi connectivity index (χ1v) is 11.8. The van der Waals surface area contributed by atoms with Gasteiger partial charge in [-0.25, -0.2) is 4.98 Å². The molecule has 7 heteroatoms. The van der Waals surface area contributed by atoms with E-state index < -0.39 is 0 Å². The molecule has 0 bridgehead atoms. The van der Waals surface area contributed by atoms with Crippen LogP contribution in [-0.2, 0) is 11.3 Å². The van der Waals surface area contributed by atoms with E-state index in [4.69, 9.17) is 0 Å². The van der Waals surface area contributed by atoms with Gasteiger partial charge in [0.05, 0.1) is 22.3 Å². The zero-order valence-corrected chi connectivity index (χ0v) is 18.7. The summed E-state index contributed by atoms with van der Waals surface area (Å²) in [6, 6.07) is 15.6. The number of thioether (sulfide) groups is 1. The minimum absolute atomic E-state index is 0.0936. The second-order valence-electron chi connectivity index (χ2n) is 7.78. The van der Waals surface area contributed by atoms with E-state index in [0.717, 1.165) is 60.7 Å².